The second-order valence-electron chi connectivity index (χ2n) is 9.93. The monoisotopic (exact) mass is 479 g/mol. The van der Waals surface area contributed by atoms with Gasteiger partial charge in [-0.1, -0.05) is 24.3 Å². The molecule has 1 aromatic heterocycles. The summed E-state index contributed by atoms with van der Waals surface area (Å²) in [6.07, 6.45) is 8.14. The molecule has 3 atom stereocenters. The number of unbranched alkanes of at least 4 members (excludes halogenated alkanes) is 1. The molecule has 35 heavy (non-hydrogen) atoms. The van der Waals surface area contributed by atoms with Crippen LogP contribution in [0.5, 0.6) is 0 Å². The number of benzene rings is 1. The molecule has 3 aliphatic rings. The lowest BCUT2D eigenvalue weighted by molar-refractivity contribution is -0.143. The van der Waals surface area contributed by atoms with Gasteiger partial charge in [-0.2, -0.15) is 0 Å². The van der Waals surface area contributed by atoms with Crippen LogP contribution in [0.15, 0.2) is 36.4 Å². The third-order valence-electron chi connectivity index (χ3n) is 7.46. The summed E-state index contributed by atoms with van der Waals surface area (Å²) in [4.78, 5) is 19.2. The Bertz CT molecular complexity index is 1010. The fourth-order valence-electron chi connectivity index (χ4n) is 5.66. The van der Waals surface area contributed by atoms with E-state index in [1.54, 1.807) is 0 Å². The zero-order valence-corrected chi connectivity index (χ0v) is 20.5. The van der Waals surface area contributed by atoms with Crippen molar-refractivity contribution in [3.05, 3.63) is 58.9 Å². The molecule has 2 saturated heterocycles. The van der Waals surface area contributed by atoms with E-state index in [0.29, 0.717) is 13.2 Å². The van der Waals surface area contributed by atoms with Gasteiger partial charge in [0.25, 0.3) is 0 Å². The molecule has 7 nitrogen and oxygen atoms in total. The average Bonchev–Trinajstić information content (AvgIpc) is 3.57. The number of nitrogens with zero attached hydrogens (tertiary/aromatic N) is 2. The molecule has 2 fully saturated rings. The molecule has 2 aromatic rings. The molecule has 7 heteroatoms. The van der Waals surface area contributed by atoms with E-state index in [0.717, 1.165) is 87.9 Å². The first kappa shape index (κ1) is 24.2. The largest absolute Gasteiger partial charge is 0.480 e. The Morgan fingerprint density at radius 1 is 1.20 bits per heavy atom. The summed E-state index contributed by atoms with van der Waals surface area (Å²) < 4.78 is 12.1. The Morgan fingerprint density at radius 2 is 2.11 bits per heavy atom. The van der Waals surface area contributed by atoms with E-state index in [1.165, 1.54) is 11.4 Å². The third kappa shape index (κ3) is 5.85. The van der Waals surface area contributed by atoms with Crippen molar-refractivity contribution in [1.82, 2.24) is 9.88 Å². The predicted octanol–water partition coefficient (Wildman–Crippen LogP) is 4.53. The number of aliphatic carboxylic acids is 1. The van der Waals surface area contributed by atoms with E-state index in [9.17, 15) is 9.90 Å². The van der Waals surface area contributed by atoms with Gasteiger partial charge in [-0.05, 0) is 74.6 Å². The predicted molar refractivity (Wildman–Crippen MR) is 135 cm³/mol. The third-order valence-corrected chi connectivity index (χ3v) is 7.46. The lowest BCUT2D eigenvalue weighted by Crippen LogP contribution is -2.34. The molecular weight excluding hydrogens is 442 g/mol. The molecule has 0 bridgehead atoms. The quantitative estimate of drug-likeness (QED) is 0.484. The van der Waals surface area contributed by atoms with Gasteiger partial charge >= 0.3 is 5.97 Å². The first-order valence-corrected chi connectivity index (χ1v) is 13.2. The zero-order valence-electron chi connectivity index (χ0n) is 20.5. The number of aromatic nitrogens is 1. The van der Waals surface area contributed by atoms with Crippen LogP contribution in [0.2, 0.25) is 0 Å². The molecule has 2 N–H and O–H groups in total. The highest BCUT2D eigenvalue weighted by Crippen LogP contribution is 2.36. The minimum Gasteiger partial charge on any atom is -0.480 e. The van der Waals surface area contributed by atoms with E-state index < -0.39 is 12.0 Å². The zero-order chi connectivity index (χ0) is 24.0. The molecular formula is C28H37N3O4. The first-order valence-electron chi connectivity index (χ1n) is 13.2. The number of hydrogen-bond donors (Lipinski definition) is 2. The summed E-state index contributed by atoms with van der Waals surface area (Å²) in [5.74, 6) is -0.802. The summed E-state index contributed by atoms with van der Waals surface area (Å²) in [7, 11) is 0. The molecule has 188 valence electrons. The van der Waals surface area contributed by atoms with Crippen molar-refractivity contribution in [3.63, 3.8) is 0 Å². The Morgan fingerprint density at radius 3 is 2.97 bits per heavy atom. The molecule has 2 unspecified atom stereocenters. The van der Waals surface area contributed by atoms with Gasteiger partial charge in [-0.3, -0.25) is 14.7 Å². The number of carboxylic acid groups (broad SMARTS) is 1. The molecule has 5 rings (SSSR count). The molecule has 0 aliphatic carbocycles. The number of ether oxygens (including phenoxy) is 2. The second-order valence-corrected chi connectivity index (χ2v) is 9.93. The van der Waals surface area contributed by atoms with Gasteiger partial charge in [0.1, 0.15) is 6.04 Å². The molecule has 0 spiro atoms. The normalized spacial score (nSPS) is 23.1. The number of hydrogen-bond acceptors (Lipinski definition) is 6. The van der Waals surface area contributed by atoms with Gasteiger partial charge in [0.05, 0.1) is 23.6 Å². The van der Waals surface area contributed by atoms with E-state index in [4.69, 9.17) is 14.5 Å². The van der Waals surface area contributed by atoms with Crippen LogP contribution in [0.25, 0.3) is 0 Å². The lowest BCUT2D eigenvalue weighted by atomic mass is 9.94. The SMILES string of the molecule is O=C(O)C(c1ccccc1C1CCCO1)N1CC[C@@H](OCCCCc2ccc3c(n2)CCCN3)C1. The molecule has 0 radical (unpaired) electrons. The number of fused-ring (bicyclic) bond motifs is 1. The van der Waals surface area contributed by atoms with Crippen molar-refractivity contribution in [2.45, 2.75) is 69.6 Å². The maximum atomic E-state index is 12.4. The fourth-order valence-corrected chi connectivity index (χ4v) is 5.66. The number of likely N-dealkylation sites (tertiary alicyclic amines) is 1. The van der Waals surface area contributed by atoms with Gasteiger partial charge < -0.3 is 19.9 Å². The van der Waals surface area contributed by atoms with Crippen LogP contribution in [0.4, 0.5) is 5.69 Å². The maximum Gasteiger partial charge on any atom is 0.325 e. The Labute approximate surface area is 207 Å². The highest BCUT2D eigenvalue weighted by molar-refractivity contribution is 5.76. The van der Waals surface area contributed by atoms with E-state index in [1.807, 2.05) is 24.3 Å². The van der Waals surface area contributed by atoms with Crippen molar-refractivity contribution in [2.24, 2.45) is 0 Å². The van der Waals surface area contributed by atoms with Gasteiger partial charge in [-0.15, -0.1) is 0 Å². The number of anilines is 1. The topological polar surface area (TPSA) is 83.9 Å². The van der Waals surface area contributed by atoms with E-state index >= 15 is 0 Å². The number of pyridine rings is 1. The van der Waals surface area contributed by atoms with Crippen LogP contribution in [0, 0.1) is 0 Å². The van der Waals surface area contributed by atoms with Gasteiger partial charge in [-0.25, -0.2) is 0 Å². The number of carbonyl (C=O) groups is 1. The maximum absolute atomic E-state index is 12.4. The van der Waals surface area contributed by atoms with Crippen LogP contribution in [-0.4, -0.2) is 59.9 Å². The van der Waals surface area contributed by atoms with Crippen molar-refractivity contribution in [3.8, 4) is 0 Å². The Hall–Kier alpha value is -2.48. The summed E-state index contributed by atoms with van der Waals surface area (Å²) in [5.41, 5.74) is 5.43. The number of carboxylic acids is 1. The van der Waals surface area contributed by atoms with Crippen molar-refractivity contribution in [1.29, 1.82) is 0 Å². The van der Waals surface area contributed by atoms with Crippen molar-refractivity contribution >= 4 is 11.7 Å². The fraction of sp³-hybridized carbons (Fsp3) is 0.571. The van der Waals surface area contributed by atoms with Gasteiger partial charge in [0.2, 0.25) is 0 Å². The number of rotatable bonds is 10. The highest BCUT2D eigenvalue weighted by Gasteiger charge is 2.36. The smallest absolute Gasteiger partial charge is 0.325 e. The van der Waals surface area contributed by atoms with Crippen LogP contribution < -0.4 is 5.32 Å². The molecule has 0 amide bonds. The molecule has 1 aromatic carbocycles. The average molecular weight is 480 g/mol. The summed E-state index contributed by atoms with van der Waals surface area (Å²) >= 11 is 0. The van der Waals surface area contributed by atoms with Gasteiger partial charge in [0.15, 0.2) is 0 Å². The van der Waals surface area contributed by atoms with Gasteiger partial charge in [0, 0.05) is 38.5 Å². The number of nitrogens with one attached hydrogen (secondary N) is 1. The van der Waals surface area contributed by atoms with Crippen LogP contribution in [0.1, 0.15) is 73.2 Å². The first-order chi connectivity index (χ1) is 17.2. The van der Waals surface area contributed by atoms with E-state index in [2.05, 4.69) is 22.3 Å². The summed E-state index contributed by atoms with van der Waals surface area (Å²) in [5, 5.41) is 13.5. The minimum absolute atomic E-state index is 0.00330. The van der Waals surface area contributed by atoms with Crippen molar-refractivity contribution < 1.29 is 19.4 Å². The summed E-state index contributed by atoms with van der Waals surface area (Å²) in [6.45, 7) is 3.87. The Balaban J connectivity index is 1.10. The summed E-state index contributed by atoms with van der Waals surface area (Å²) in [6, 6.07) is 11.5. The standard InChI is InChI=1S/C28H37N3O4/c32-28(33)27(23-9-2-1-8-22(23)26-11-6-18-35-26)31-16-14-21(19-31)34-17-4-3-7-20-12-13-24-25(30-20)10-5-15-29-24/h1-2,8-9,12-13,21,26-27,29H,3-7,10-11,14-19H2,(H,32,33)/t21-,26?,27?/m1/s1. The Kier molecular flexibility index (Phi) is 7.96. The highest BCUT2D eigenvalue weighted by atomic mass is 16.5. The van der Waals surface area contributed by atoms with Crippen LogP contribution in [0.3, 0.4) is 0 Å². The van der Waals surface area contributed by atoms with Crippen molar-refractivity contribution in [2.75, 3.05) is 38.2 Å². The molecule has 4 heterocycles. The molecule has 0 saturated carbocycles. The molecule has 3 aliphatic heterocycles. The second kappa shape index (κ2) is 11.5. The van der Waals surface area contributed by atoms with Crippen LogP contribution >= 0.6 is 0 Å². The van der Waals surface area contributed by atoms with Crippen LogP contribution in [-0.2, 0) is 27.1 Å². The van der Waals surface area contributed by atoms with E-state index in [-0.39, 0.29) is 12.2 Å². The minimum atomic E-state index is -0.802. The number of aryl methyl sites for hydroxylation is 2. The lowest BCUT2D eigenvalue weighted by Gasteiger charge is -2.27.